The van der Waals surface area contributed by atoms with Crippen LogP contribution in [0.2, 0.25) is 0 Å². The lowest BCUT2D eigenvalue weighted by atomic mass is 9.82. The standard InChI is InChI=1S/C26H12Br2N6O2S2/c27-13-5-9-15(10-6-13)37-25-21(31-33-29)19-20(24(36)18-4-2-1-3-17(18)23(19)35)22(32-34-30)26(25)38-16-11-7-14(28)8-12-16/h1-12H. The van der Waals surface area contributed by atoms with Crippen LogP contribution in [0.4, 0.5) is 11.4 Å². The fourth-order valence-electron chi connectivity index (χ4n) is 3.98. The summed E-state index contributed by atoms with van der Waals surface area (Å²) in [6, 6.07) is 21.3. The molecule has 4 aromatic rings. The Kier molecular flexibility index (Phi) is 7.62. The number of halogens is 2. The molecule has 184 valence electrons. The molecule has 0 saturated carbocycles. The maximum Gasteiger partial charge on any atom is 0.195 e. The van der Waals surface area contributed by atoms with Gasteiger partial charge in [0.15, 0.2) is 11.6 Å². The van der Waals surface area contributed by atoms with Crippen molar-refractivity contribution >= 4 is 78.3 Å². The van der Waals surface area contributed by atoms with Gasteiger partial charge in [0, 0.05) is 60.6 Å². The second kappa shape index (κ2) is 11.1. The van der Waals surface area contributed by atoms with Gasteiger partial charge in [0.05, 0.1) is 11.4 Å². The van der Waals surface area contributed by atoms with Crippen LogP contribution in [0, 0.1) is 0 Å². The van der Waals surface area contributed by atoms with E-state index in [2.05, 4.69) is 51.9 Å². The molecule has 38 heavy (non-hydrogen) atoms. The molecule has 5 rings (SSSR count). The van der Waals surface area contributed by atoms with E-state index in [1.54, 1.807) is 24.3 Å². The van der Waals surface area contributed by atoms with Crippen LogP contribution in [-0.2, 0) is 0 Å². The van der Waals surface area contributed by atoms with Crippen molar-refractivity contribution in [2.75, 3.05) is 0 Å². The van der Waals surface area contributed by atoms with Crippen molar-refractivity contribution in [3.8, 4) is 0 Å². The summed E-state index contributed by atoms with van der Waals surface area (Å²) in [6.07, 6.45) is 0. The third-order valence-electron chi connectivity index (χ3n) is 5.59. The van der Waals surface area contributed by atoms with Crippen LogP contribution in [0.25, 0.3) is 20.9 Å². The fraction of sp³-hybridized carbons (Fsp3) is 0. The first-order valence-electron chi connectivity index (χ1n) is 10.8. The molecule has 0 heterocycles. The number of fused-ring (bicyclic) bond motifs is 2. The number of azide groups is 2. The van der Waals surface area contributed by atoms with Crippen molar-refractivity contribution < 1.29 is 9.59 Å². The number of carbonyl (C=O) groups is 2. The molecule has 0 spiro atoms. The van der Waals surface area contributed by atoms with Crippen molar-refractivity contribution in [3.05, 3.63) is 125 Å². The summed E-state index contributed by atoms with van der Waals surface area (Å²) in [6.45, 7) is 0. The van der Waals surface area contributed by atoms with Gasteiger partial charge in [-0.3, -0.25) is 9.59 Å². The highest BCUT2D eigenvalue weighted by molar-refractivity contribution is 9.10. The molecule has 1 aliphatic carbocycles. The Labute approximate surface area is 241 Å². The lowest BCUT2D eigenvalue weighted by Crippen LogP contribution is -2.21. The molecule has 0 aromatic heterocycles. The monoisotopic (exact) mass is 662 g/mol. The molecule has 0 aliphatic heterocycles. The Balaban J connectivity index is 1.88. The van der Waals surface area contributed by atoms with E-state index >= 15 is 0 Å². The van der Waals surface area contributed by atoms with E-state index in [9.17, 15) is 20.7 Å². The van der Waals surface area contributed by atoms with Gasteiger partial charge < -0.3 is 0 Å². The summed E-state index contributed by atoms with van der Waals surface area (Å²) in [5.41, 5.74) is 19.3. The second-order valence-corrected chi connectivity index (χ2v) is 11.8. The summed E-state index contributed by atoms with van der Waals surface area (Å²) < 4.78 is 1.75. The molecule has 12 heteroatoms. The number of rotatable bonds is 6. The van der Waals surface area contributed by atoms with Crippen LogP contribution in [0.3, 0.4) is 0 Å². The number of benzene rings is 4. The molecule has 0 amide bonds. The zero-order chi connectivity index (χ0) is 26.8. The normalized spacial score (nSPS) is 11.7. The van der Waals surface area contributed by atoms with E-state index in [1.165, 1.54) is 23.5 Å². The van der Waals surface area contributed by atoms with Gasteiger partial charge in [-0.25, -0.2) is 0 Å². The highest BCUT2D eigenvalue weighted by Crippen LogP contribution is 2.54. The number of hydrogen-bond acceptors (Lipinski definition) is 6. The van der Waals surface area contributed by atoms with Crippen LogP contribution < -0.4 is 0 Å². The minimum Gasteiger partial charge on any atom is -0.289 e. The van der Waals surface area contributed by atoms with Crippen LogP contribution in [-0.4, -0.2) is 11.6 Å². The summed E-state index contributed by atoms with van der Waals surface area (Å²) >= 11 is 9.34. The molecule has 1 aliphatic rings. The smallest absolute Gasteiger partial charge is 0.195 e. The van der Waals surface area contributed by atoms with Gasteiger partial charge >= 0.3 is 0 Å². The Morgan fingerprint density at radius 2 is 0.974 bits per heavy atom. The molecule has 0 bridgehead atoms. The number of nitrogens with zero attached hydrogens (tertiary/aromatic N) is 6. The van der Waals surface area contributed by atoms with Crippen LogP contribution in [0.1, 0.15) is 31.8 Å². The minimum absolute atomic E-state index is 0.0137. The van der Waals surface area contributed by atoms with E-state index < -0.39 is 11.6 Å². The molecule has 0 radical (unpaired) electrons. The van der Waals surface area contributed by atoms with Crippen LogP contribution in [0.15, 0.2) is 112 Å². The van der Waals surface area contributed by atoms with E-state index in [0.717, 1.165) is 18.7 Å². The summed E-state index contributed by atoms with van der Waals surface area (Å²) in [5, 5.41) is 7.86. The van der Waals surface area contributed by atoms with Gasteiger partial charge in [-0.05, 0) is 59.6 Å². The highest BCUT2D eigenvalue weighted by Gasteiger charge is 2.37. The molecule has 0 N–H and O–H groups in total. The number of hydrogen-bond donors (Lipinski definition) is 0. The number of ketones is 2. The first kappa shape index (κ1) is 26.1. The second-order valence-electron chi connectivity index (χ2n) is 7.80. The fourth-order valence-corrected chi connectivity index (χ4v) is 6.63. The van der Waals surface area contributed by atoms with Crippen molar-refractivity contribution in [1.82, 2.24) is 0 Å². The summed E-state index contributed by atoms with van der Waals surface area (Å²) in [7, 11) is 0. The Morgan fingerprint density at radius 1 is 0.605 bits per heavy atom. The third kappa shape index (κ3) is 4.86. The zero-order valence-corrected chi connectivity index (χ0v) is 23.8. The highest BCUT2D eigenvalue weighted by atomic mass is 79.9. The largest absolute Gasteiger partial charge is 0.289 e. The Morgan fingerprint density at radius 3 is 1.32 bits per heavy atom. The molecular formula is C26H12Br2N6O2S2. The lowest BCUT2D eigenvalue weighted by Gasteiger charge is -2.25. The molecule has 0 atom stereocenters. The maximum atomic E-state index is 13.8. The molecular weight excluding hydrogens is 652 g/mol. The van der Waals surface area contributed by atoms with Gasteiger partial charge in [0.25, 0.3) is 0 Å². The van der Waals surface area contributed by atoms with Crippen molar-refractivity contribution in [2.24, 2.45) is 10.2 Å². The molecule has 0 saturated heterocycles. The van der Waals surface area contributed by atoms with E-state index in [1.807, 2.05) is 48.5 Å². The first-order valence-corrected chi connectivity index (χ1v) is 14.0. The topological polar surface area (TPSA) is 132 Å². The average Bonchev–Trinajstić information content (AvgIpc) is 2.92. The predicted molar refractivity (Wildman–Crippen MR) is 154 cm³/mol. The van der Waals surface area contributed by atoms with Crippen LogP contribution in [0.5, 0.6) is 0 Å². The molecule has 0 unspecified atom stereocenters. The van der Waals surface area contributed by atoms with Crippen molar-refractivity contribution in [2.45, 2.75) is 19.6 Å². The lowest BCUT2D eigenvalue weighted by molar-refractivity contribution is 0.0979. The Bertz CT molecular complexity index is 1600. The van der Waals surface area contributed by atoms with Gasteiger partial charge in [-0.15, -0.1) is 0 Å². The summed E-state index contributed by atoms with van der Waals surface area (Å²) in [5.74, 6) is -0.963. The number of carbonyl (C=O) groups excluding carboxylic acids is 2. The predicted octanol–water partition coefficient (Wildman–Crippen LogP) is 10.2. The van der Waals surface area contributed by atoms with E-state index in [0.29, 0.717) is 9.79 Å². The minimum atomic E-state index is -0.482. The van der Waals surface area contributed by atoms with Crippen molar-refractivity contribution in [1.29, 1.82) is 0 Å². The first-order chi connectivity index (χ1) is 18.4. The summed E-state index contributed by atoms with van der Waals surface area (Å²) in [4.78, 5) is 35.9. The van der Waals surface area contributed by atoms with E-state index in [-0.39, 0.29) is 33.6 Å². The van der Waals surface area contributed by atoms with Crippen molar-refractivity contribution in [3.63, 3.8) is 0 Å². The van der Waals surface area contributed by atoms with E-state index in [4.69, 9.17) is 0 Å². The molecule has 0 fully saturated rings. The third-order valence-corrected chi connectivity index (χ3v) is 8.99. The maximum absolute atomic E-state index is 13.8. The van der Waals surface area contributed by atoms with Gasteiger partial charge in [0.1, 0.15) is 0 Å². The quantitative estimate of drug-likeness (QED) is 0.102. The molecule has 8 nitrogen and oxygen atoms in total. The van der Waals surface area contributed by atoms with Gasteiger partial charge in [-0.2, -0.15) is 0 Å². The van der Waals surface area contributed by atoms with Gasteiger partial charge in [-0.1, -0.05) is 89.9 Å². The van der Waals surface area contributed by atoms with Gasteiger partial charge in [0.2, 0.25) is 0 Å². The SMILES string of the molecule is [N-]=[N+]=Nc1c(Sc2ccc(Br)cc2)c(Sc2ccc(Br)cc2)c(N=[N+]=[N-])c2c1C(=O)c1ccccc1C2=O. The average molecular weight is 664 g/mol. The van der Waals surface area contributed by atoms with Crippen LogP contribution >= 0.6 is 55.4 Å². The zero-order valence-electron chi connectivity index (χ0n) is 19.0. The molecule has 4 aromatic carbocycles. The Hall–Kier alpha value is -3.50.